The molecular formula is C18H24FNO2S. The van der Waals surface area contributed by atoms with Crippen LogP contribution in [0.3, 0.4) is 0 Å². The summed E-state index contributed by atoms with van der Waals surface area (Å²) in [6.45, 7) is 6.15. The van der Waals surface area contributed by atoms with Crippen molar-refractivity contribution in [3.8, 4) is 0 Å². The summed E-state index contributed by atoms with van der Waals surface area (Å²) >= 11 is 1.66. The van der Waals surface area contributed by atoms with Crippen molar-refractivity contribution in [2.24, 2.45) is 0 Å². The minimum Gasteiger partial charge on any atom is -0.389 e. The summed E-state index contributed by atoms with van der Waals surface area (Å²) in [5, 5.41) is 14.3. The van der Waals surface area contributed by atoms with Crippen LogP contribution in [0, 0.1) is 5.82 Å². The van der Waals surface area contributed by atoms with Crippen LogP contribution < -0.4 is 0 Å². The van der Waals surface area contributed by atoms with E-state index in [1.165, 1.54) is 17.7 Å². The molecule has 0 saturated carbocycles. The van der Waals surface area contributed by atoms with Crippen LogP contribution in [0.2, 0.25) is 0 Å². The van der Waals surface area contributed by atoms with Crippen molar-refractivity contribution < 1.29 is 14.2 Å². The molecule has 0 amide bonds. The molecule has 1 unspecified atom stereocenters. The van der Waals surface area contributed by atoms with Crippen molar-refractivity contribution in [1.82, 2.24) is 4.90 Å². The minimum absolute atomic E-state index is 0.104. The highest BCUT2D eigenvalue weighted by Gasteiger charge is 2.14. The first-order valence-electron chi connectivity index (χ1n) is 7.80. The molecule has 1 aromatic heterocycles. The van der Waals surface area contributed by atoms with Gasteiger partial charge < -0.3 is 9.84 Å². The molecule has 1 aromatic carbocycles. The number of aliphatic hydroxyl groups excluding tert-OH is 1. The van der Waals surface area contributed by atoms with E-state index in [4.69, 9.17) is 4.74 Å². The molecule has 0 fully saturated rings. The van der Waals surface area contributed by atoms with Crippen LogP contribution in [0.25, 0.3) is 0 Å². The third-order valence-corrected chi connectivity index (χ3v) is 4.13. The average molecular weight is 337 g/mol. The molecule has 23 heavy (non-hydrogen) atoms. The molecule has 2 aromatic rings. The van der Waals surface area contributed by atoms with Gasteiger partial charge in [0.15, 0.2) is 0 Å². The molecule has 0 saturated heterocycles. The van der Waals surface area contributed by atoms with Gasteiger partial charge in [0.1, 0.15) is 5.82 Å². The summed E-state index contributed by atoms with van der Waals surface area (Å²) in [6.07, 6.45) is -0.441. The van der Waals surface area contributed by atoms with Gasteiger partial charge in [-0.05, 0) is 53.9 Å². The van der Waals surface area contributed by atoms with Gasteiger partial charge in [-0.1, -0.05) is 12.1 Å². The number of thiophene rings is 1. The molecule has 0 radical (unpaired) electrons. The van der Waals surface area contributed by atoms with Crippen molar-refractivity contribution >= 4 is 11.3 Å². The molecule has 0 aliphatic heterocycles. The molecule has 0 aliphatic carbocycles. The molecule has 5 heteroatoms. The highest BCUT2D eigenvalue weighted by Crippen LogP contribution is 2.14. The number of ether oxygens (including phenoxy) is 1. The first kappa shape index (κ1) is 18.1. The first-order chi connectivity index (χ1) is 11.0. The zero-order valence-electron chi connectivity index (χ0n) is 13.6. The number of aliphatic hydroxyl groups is 1. The van der Waals surface area contributed by atoms with E-state index in [2.05, 4.69) is 16.3 Å². The zero-order valence-corrected chi connectivity index (χ0v) is 14.4. The molecular weight excluding hydrogens is 313 g/mol. The fourth-order valence-corrected chi connectivity index (χ4v) is 2.99. The Balaban J connectivity index is 1.97. The molecule has 1 atom stereocenters. The van der Waals surface area contributed by atoms with Crippen molar-refractivity contribution in [1.29, 1.82) is 0 Å². The molecule has 2 rings (SSSR count). The normalized spacial score (nSPS) is 13.0. The predicted molar refractivity (Wildman–Crippen MR) is 91.9 cm³/mol. The first-order valence-corrected chi connectivity index (χ1v) is 8.74. The summed E-state index contributed by atoms with van der Waals surface area (Å²) in [4.78, 5) is 2.16. The highest BCUT2D eigenvalue weighted by atomic mass is 32.1. The molecule has 0 bridgehead atoms. The smallest absolute Gasteiger partial charge is 0.123 e. The van der Waals surface area contributed by atoms with Crippen molar-refractivity contribution in [3.05, 3.63) is 58.0 Å². The minimum atomic E-state index is -0.545. The van der Waals surface area contributed by atoms with E-state index >= 15 is 0 Å². The van der Waals surface area contributed by atoms with Crippen LogP contribution in [0.15, 0.2) is 41.1 Å². The fraction of sp³-hybridized carbons (Fsp3) is 0.444. The Morgan fingerprint density at radius 1 is 1.13 bits per heavy atom. The Morgan fingerprint density at radius 2 is 1.83 bits per heavy atom. The molecule has 0 spiro atoms. The quantitative estimate of drug-likeness (QED) is 0.758. The SMILES string of the molecule is CC(C)OCC(O)CN(Cc1ccc(F)cc1)Cc1ccsc1. The number of nitrogens with zero attached hydrogens (tertiary/aromatic N) is 1. The van der Waals surface area contributed by atoms with Gasteiger partial charge in [-0.2, -0.15) is 11.3 Å². The Labute approximate surface area is 141 Å². The zero-order chi connectivity index (χ0) is 16.7. The Kier molecular flexibility index (Phi) is 7.17. The summed E-state index contributed by atoms with van der Waals surface area (Å²) in [5.41, 5.74) is 2.24. The van der Waals surface area contributed by atoms with Gasteiger partial charge in [-0.15, -0.1) is 0 Å². The van der Waals surface area contributed by atoms with Gasteiger partial charge in [-0.25, -0.2) is 4.39 Å². The van der Waals surface area contributed by atoms with E-state index in [1.807, 2.05) is 19.2 Å². The van der Waals surface area contributed by atoms with Gasteiger partial charge in [0.25, 0.3) is 0 Å². The lowest BCUT2D eigenvalue weighted by Gasteiger charge is -2.25. The number of rotatable bonds is 9. The van der Waals surface area contributed by atoms with E-state index in [0.717, 1.165) is 12.1 Å². The maximum atomic E-state index is 13.0. The standard InChI is InChI=1S/C18H24FNO2S/c1-14(2)22-12-18(21)11-20(10-16-7-8-23-13-16)9-15-3-5-17(19)6-4-15/h3-8,13-14,18,21H,9-12H2,1-2H3. The number of benzene rings is 1. The lowest BCUT2D eigenvalue weighted by molar-refractivity contribution is -0.0106. The van der Waals surface area contributed by atoms with E-state index in [0.29, 0.717) is 19.7 Å². The highest BCUT2D eigenvalue weighted by molar-refractivity contribution is 7.07. The third kappa shape index (κ3) is 6.79. The van der Waals surface area contributed by atoms with Gasteiger partial charge in [-0.3, -0.25) is 4.90 Å². The van der Waals surface area contributed by atoms with Crippen LogP contribution in [0.4, 0.5) is 4.39 Å². The molecule has 0 aliphatic rings. The van der Waals surface area contributed by atoms with Crippen LogP contribution in [0.1, 0.15) is 25.0 Å². The fourth-order valence-electron chi connectivity index (χ4n) is 2.33. The van der Waals surface area contributed by atoms with Gasteiger partial charge in [0.2, 0.25) is 0 Å². The topological polar surface area (TPSA) is 32.7 Å². The van der Waals surface area contributed by atoms with Crippen LogP contribution in [0.5, 0.6) is 0 Å². The number of hydrogen-bond acceptors (Lipinski definition) is 4. The summed E-state index contributed by atoms with van der Waals surface area (Å²) in [7, 11) is 0. The van der Waals surface area contributed by atoms with Crippen molar-refractivity contribution in [3.63, 3.8) is 0 Å². The molecule has 3 nitrogen and oxygen atoms in total. The molecule has 1 heterocycles. The van der Waals surface area contributed by atoms with Crippen LogP contribution >= 0.6 is 11.3 Å². The van der Waals surface area contributed by atoms with Gasteiger partial charge in [0.05, 0.1) is 18.8 Å². The monoisotopic (exact) mass is 337 g/mol. The lowest BCUT2D eigenvalue weighted by Crippen LogP contribution is -2.34. The van der Waals surface area contributed by atoms with Crippen molar-refractivity contribution in [2.75, 3.05) is 13.2 Å². The Hall–Kier alpha value is -1.27. The lowest BCUT2D eigenvalue weighted by atomic mass is 10.2. The maximum absolute atomic E-state index is 13.0. The molecule has 126 valence electrons. The van der Waals surface area contributed by atoms with Crippen LogP contribution in [-0.2, 0) is 17.8 Å². The second kappa shape index (κ2) is 9.13. The average Bonchev–Trinajstić information content (AvgIpc) is 3.00. The Bertz CT molecular complexity index is 557. The van der Waals surface area contributed by atoms with Crippen molar-refractivity contribution in [2.45, 2.75) is 39.1 Å². The summed E-state index contributed by atoms with van der Waals surface area (Å²) in [6, 6.07) is 8.59. The van der Waals surface area contributed by atoms with Gasteiger partial charge >= 0.3 is 0 Å². The van der Waals surface area contributed by atoms with E-state index in [-0.39, 0.29) is 11.9 Å². The third-order valence-electron chi connectivity index (χ3n) is 3.40. The van der Waals surface area contributed by atoms with E-state index in [9.17, 15) is 9.50 Å². The number of hydrogen-bond donors (Lipinski definition) is 1. The van der Waals surface area contributed by atoms with Gasteiger partial charge in [0, 0.05) is 19.6 Å². The second-order valence-corrected chi connectivity index (χ2v) is 6.74. The van der Waals surface area contributed by atoms with E-state index < -0.39 is 6.10 Å². The maximum Gasteiger partial charge on any atom is 0.123 e. The summed E-state index contributed by atoms with van der Waals surface area (Å²) < 4.78 is 18.5. The van der Waals surface area contributed by atoms with Crippen LogP contribution in [-0.4, -0.2) is 35.4 Å². The predicted octanol–water partition coefficient (Wildman–Crippen LogP) is 3.68. The summed E-state index contributed by atoms with van der Waals surface area (Å²) in [5.74, 6) is -0.233. The second-order valence-electron chi connectivity index (χ2n) is 5.96. The largest absolute Gasteiger partial charge is 0.389 e. The van der Waals surface area contributed by atoms with E-state index in [1.54, 1.807) is 23.5 Å². The Morgan fingerprint density at radius 3 is 2.43 bits per heavy atom. The molecule has 1 N–H and O–H groups in total. The number of halogens is 1.